The second-order valence-corrected chi connectivity index (χ2v) is 4.66. The average molecular weight is 293 g/mol. The smallest absolute Gasteiger partial charge is 0.269 e. The molecule has 1 aromatic carbocycles. The first-order chi connectivity index (χ1) is 9.88. The lowest BCUT2D eigenvalue weighted by atomic mass is 10.1. The Labute approximate surface area is 119 Å². The molecule has 0 aliphatic rings. The van der Waals surface area contributed by atoms with Crippen LogP contribution in [0, 0.1) is 11.6 Å². The molecule has 7 heteroatoms. The molecule has 1 heterocycles. The summed E-state index contributed by atoms with van der Waals surface area (Å²) >= 11 is 0. The third-order valence-corrected chi connectivity index (χ3v) is 2.91. The summed E-state index contributed by atoms with van der Waals surface area (Å²) in [6.45, 7) is -0.336. The van der Waals surface area contributed by atoms with Crippen LogP contribution >= 0.6 is 0 Å². The van der Waals surface area contributed by atoms with E-state index in [1.807, 2.05) is 0 Å². The summed E-state index contributed by atoms with van der Waals surface area (Å²) in [6, 6.07) is 4.18. The third-order valence-electron chi connectivity index (χ3n) is 2.91. The number of carbonyl (C=O) groups is 1. The molecule has 2 aromatic rings. The molecule has 0 amide bonds. The van der Waals surface area contributed by atoms with E-state index in [1.54, 1.807) is 19.0 Å². The Morgan fingerprint density at radius 2 is 1.95 bits per heavy atom. The number of nitrogens with zero attached hydrogens (tertiary/aromatic N) is 3. The van der Waals surface area contributed by atoms with E-state index in [4.69, 9.17) is 0 Å². The fraction of sp³-hybridized carbons (Fsp3) is 0.214. The van der Waals surface area contributed by atoms with E-state index in [0.717, 1.165) is 16.8 Å². The average Bonchev–Trinajstić information content (AvgIpc) is 2.43. The number of rotatable bonds is 4. The van der Waals surface area contributed by atoms with Crippen molar-refractivity contribution in [3.63, 3.8) is 0 Å². The molecule has 2 rings (SSSR count). The molecular formula is C14H13F2N3O2. The molecule has 0 bridgehead atoms. The van der Waals surface area contributed by atoms with E-state index >= 15 is 0 Å². The number of anilines is 1. The first-order valence-electron chi connectivity index (χ1n) is 6.11. The Morgan fingerprint density at radius 1 is 1.24 bits per heavy atom. The van der Waals surface area contributed by atoms with Crippen LogP contribution in [0.3, 0.4) is 0 Å². The minimum Gasteiger partial charge on any atom is -0.376 e. The van der Waals surface area contributed by atoms with Crippen molar-refractivity contribution in [1.29, 1.82) is 0 Å². The summed E-state index contributed by atoms with van der Waals surface area (Å²) in [7, 11) is 3.51. The van der Waals surface area contributed by atoms with Crippen molar-refractivity contribution < 1.29 is 13.6 Å². The van der Waals surface area contributed by atoms with Gasteiger partial charge in [0.1, 0.15) is 6.54 Å². The minimum atomic E-state index is -1.11. The molecule has 0 spiro atoms. The highest BCUT2D eigenvalue weighted by molar-refractivity contribution is 5.95. The Hall–Kier alpha value is -2.57. The number of ketones is 1. The summed E-state index contributed by atoms with van der Waals surface area (Å²) in [5.41, 5.74) is 0.146. The normalized spacial score (nSPS) is 10.5. The van der Waals surface area contributed by atoms with Crippen molar-refractivity contribution in [3.05, 3.63) is 58.0 Å². The van der Waals surface area contributed by atoms with Gasteiger partial charge in [0.15, 0.2) is 17.4 Å². The topological polar surface area (TPSA) is 55.2 Å². The molecule has 0 atom stereocenters. The quantitative estimate of drug-likeness (QED) is 0.801. The van der Waals surface area contributed by atoms with Crippen molar-refractivity contribution in [2.75, 3.05) is 19.0 Å². The van der Waals surface area contributed by atoms with Crippen molar-refractivity contribution >= 4 is 11.5 Å². The molecule has 21 heavy (non-hydrogen) atoms. The summed E-state index contributed by atoms with van der Waals surface area (Å²) in [5, 5.41) is 3.88. The van der Waals surface area contributed by atoms with Crippen LogP contribution in [0.1, 0.15) is 10.4 Å². The highest BCUT2D eigenvalue weighted by Gasteiger charge is 2.12. The van der Waals surface area contributed by atoms with E-state index in [1.165, 1.54) is 18.3 Å². The highest BCUT2D eigenvalue weighted by Crippen LogP contribution is 2.10. The van der Waals surface area contributed by atoms with E-state index in [0.29, 0.717) is 5.69 Å². The molecular weight excluding hydrogens is 280 g/mol. The van der Waals surface area contributed by atoms with Crippen LogP contribution in [0.2, 0.25) is 0 Å². The molecule has 0 unspecified atom stereocenters. The van der Waals surface area contributed by atoms with Crippen molar-refractivity contribution in [1.82, 2.24) is 9.78 Å². The number of Topliss-reactive ketones (excluding diaryl/α,β-unsaturated/α-hetero) is 1. The monoisotopic (exact) mass is 293 g/mol. The maximum Gasteiger partial charge on any atom is 0.269 e. The van der Waals surface area contributed by atoms with Crippen LogP contribution in [0.5, 0.6) is 0 Å². The minimum absolute atomic E-state index is 0.0145. The molecule has 1 aromatic heterocycles. The van der Waals surface area contributed by atoms with Crippen LogP contribution in [0.15, 0.2) is 35.3 Å². The fourth-order valence-electron chi connectivity index (χ4n) is 1.68. The first kappa shape index (κ1) is 14.8. The maximum absolute atomic E-state index is 13.1. The van der Waals surface area contributed by atoms with E-state index in [2.05, 4.69) is 5.10 Å². The zero-order valence-corrected chi connectivity index (χ0v) is 11.5. The van der Waals surface area contributed by atoms with Gasteiger partial charge in [-0.3, -0.25) is 9.59 Å². The van der Waals surface area contributed by atoms with Crippen LogP contribution in [-0.4, -0.2) is 29.7 Å². The van der Waals surface area contributed by atoms with Crippen LogP contribution in [0.25, 0.3) is 0 Å². The van der Waals surface area contributed by atoms with Gasteiger partial charge in [0.2, 0.25) is 0 Å². The maximum atomic E-state index is 13.1. The number of hydrogen-bond donors (Lipinski definition) is 0. The largest absolute Gasteiger partial charge is 0.376 e. The molecule has 0 radical (unpaired) electrons. The van der Waals surface area contributed by atoms with Gasteiger partial charge in [-0.25, -0.2) is 13.5 Å². The van der Waals surface area contributed by atoms with Crippen LogP contribution in [-0.2, 0) is 6.54 Å². The SMILES string of the molecule is CN(C)c1cnn(CC(=O)c2ccc(F)c(F)c2)c(=O)c1. The summed E-state index contributed by atoms with van der Waals surface area (Å²) in [4.78, 5) is 25.5. The van der Waals surface area contributed by atoms with E-state index in [-0.39, 0.29) is 12.1 Å². The van der Waals surface area contributed by atoms with Gasteiger partial charge in [-0.15, -0.1) is 0 Å². The predicted octanol–water partition coefficient (Wildman–Crippen LogP) is 1.47. The summed E-state index contributed by atoms with van der Waals surface area (Å²) < 4.78 is 26.9. The van der Waals surface area contributed by atoms with Crippen molar-refractivity contribution in [3.8, 4) is 0 Å². The second kappa shape index (κ2) is 5.82. The van der Waals surface area contributed by atoms with E-state index < -0.39 is 23.0 Å². The van der Waals surface area contributed by atoms with Gasteiger partial charge in [-0.2, -0.15) is 5.10 Å². The van der Waals surface area contributed by atoms with E-state index in [9.17, 15) is 18.4 Å². The van der Waals surface area contributed by atoms with Gasteiger partial charge in [0.25, 0.3) is 5.56 Å². The Balaban J connectivity index is 2.23. The Morgan fingerprint density at radius 3 is 2.52 bits per heavy atom. The van der Waals surface area contributed by atoms with Crippen molar-refractivity contribution in [2.45, 2.75) is 6.54 Å². The number of hydrogen-bond acceptors (Lipinski definition) is 4. The molecule has 0 saturated carbocycles. The number of halogens is 2. The van der Waals surface area contributed by atoms with Gasteiger partial charge in [0, 0.05) is 25.7 Å². The third kappa shape index (κ3) is 3.31. The molecule has 0 N–H and O–H groups in total. The van der Waals surface area contributed by atoms with Gasteiger partial charge >= 0.3 is 0 Å². The zero-order chi connectivity index (χ0) is 15.6. The Kier molecular flexibility index (Phi) is 4.11. The molecule has 110 valence electrons. The summed E-state index contributed by atoms with van der Waals surface area (Å²) in [6.07, 6.45) is 1.44. The number of aromatic nitrogens is 2. The molecule has 0 saturated heterocycles. The van der Waals surface area contributed by atoms with Crippen LogP contribution in [0.4, 0.5) is 14.5 Å². The standard InChI is InChI=1S/C14H13F2N3O2/c1-18(2)10-6-14(21)19(17-7-10)8-13(20)9-3-4-11(15)12(16)5-9/h3-7H,8H2,1-2H3. The van der Waals surface area contributed by atoms with Crippen LogP contribution < -0.4 is 10.5 Å². The first-order valence-corrected chi connectivity index (χ1v) is 6.11. The molecule has 0 aliphatic heterocycles. The number of benzene rings is 1. The predicted molar refractivity (Wildman–Crippen MR) is 73.5 cm³/mol. The molecule has 5 nitrogen and oxygen atoms in total. The van der Waals surface area contributed by atoms with Crippen molar-refractivity contribution in [2.24, 2.45) is 0 Å². The Bertz CT molecular complexity index is 741. The highest BCUT2D eigenvalue weighted by atomic mass is 19.2. The lowest BCUT2D eigenvalue weighted by molar-refractivity contribution is 0.0965. The summed E-state index contributed by atoms with van der Waals surface area (Å²) in [5.74, 6) is -2.66. The van der Waals surface area contributed by atoms with Gasteiger partial charge in [0.05, 0.1) is 11.9 Å². The van der Waals surface area contributed by atoms with Gasteiger partial charge in [-0.05, 0) is 18.2 Å². The lowest BCUT2D eigenvalue weighted by Gasteiger charge is -2.12. The fourth-order valence-corrected chi connectivity index (χ4v) is 1.68. The zero-order valence-electron chi connectivity index (χ0n) is 11.5. The second-order valence-electron chi connectivity index (χ2n) is 4.66. The number of carbonyl (C=O) groups excluding carboxylic acids is 1. The van der Waals surface area contributed by atoms with Gasteiger partial charge < -0.3 is 4.90 Å². The molecule has 0 fully saturated rings. The lowest BCUT2D eigenvalue weighted by Crippen LogP contribution is -2.27. The van der Waals surface area contributed by atoms with Gasteiger partial charge in [-0.1, -0.05) is 0 Å². The molecule has 0 aliphatic carbocycles.